The first-order chi connectivity index (χ1) is 16.8. The number of aromatic nitrogens is 3. The Morgan fingerprint density at radius 1 is 1.09 bits per heavy atom. The molecule has 5 rings (SSSR count). The van der Waals surface area contributed by atoms with Crippen LogP contribution in [0.4, 0.5) is 19.0 Å². The van der Waals surface area contributed by atoms with Crippen LogP contribution in [-0.2, 0) is 28.7 Å². The van der Waals surface area contributed by atoms with E-state index in [0.717, 1.165) is 33.4 Å². The number of alkyl halides is 3. The molecule has 0 unspecified atom stereocenters. The van der Waals surface area contributed by atoms with E-state index in [1.54, 1.807) is 33.5 Å². The summed E-state index contributed by atoms with van der Waals surface area (Å²) in [4.78, 5) is 44.2. The molecular weight excluding hydrogens is 481 g/mol. The van der Waals surface area contributed by atoms with Gasteiger partial charge < -0.3 is 4.90 Å². The molecule has 3 aromatic rings. The van der Waals surface area contributed by atoms with Crippen LogP contribution in [0, 0.1) is 0 Å². The molecule has 0 atom stereocenters. The van der Waals surface area contributed by atoms with Crippen LogP contribution < -0.4 is 4.90 Å². The molecule has 0 spiro atoms. The molecule has 0 radical (unpaired) electrons. The molecule has 0 aliphatic carbocycles. The van der Waals surface area contributed by atoms with Gasteiger partial charge in [-0.3, -0.25) is 24.4 Å². The molecule has 8 nitrogen and oxygen atoms in total. The predicted molar refractivity (Wildman–Crippen MR) is 122 cm³/mol. The molecule has 2 amide bonds. The number of pyridine rings is 2. The number of anilines is 1. The Labute approximate surface area is 203 Å². The van der Waals surface area contributed by atoms with Gasteiger partial charge >= 0.3 is 6.18 Å². The fraction of sp³-hybridized carbons (Fsp3) is 0.348. The number of carbonyl (C=O) groups excluding carboxylic acids is 2. The lowest BCUT2D eigenvalue weighted by molar-refractivity contribution is -0.138. The Hall–Kier alpha value is -3.38. The topological polar surface area (TPSA) is 82.5 Å². The van der Waals surface area contributed by atoms with Gasteiger partial charge in [0.1, 0.15) is 10.8 Å². The summed E-state index contributed by atoms with van der Waals surface area (Å²) in [6.07, 6.45) is 0.391. The van der Waals surface area contributed by atoms with Crippen molar-refractivity contribution in [3.05, 3.63) is 59.0 Å². The van der Waals surface area contributed by atoms with Crippen LogP contribution in [0.3, 0.4) is 0 Å². The van der Waals surface area contributed by atoms with Crippen molar-refractivity contribution in [2.75, 3.05) is 37.6 Å². The zero-order chi connectivity index (χ0) is 24.6. The predicted octanol–water partition coefficient (Wildman–Crippen LogP) is 2.85. The van der Waals surface area contributed by atoms with Gasteiger partial charge in [0.25, 0.3) is 0 Å². The summed E-state index contributed by atoms with van der Waals surface area (Å²) in [7, 11) is 0. The number of thiazole rings is 1. The zero-order valence-electron chi connectivity index (χ0n) is 18.5. The van der Waals surface area contributed by atoms with Crippen LogP contribution in [0.15, 0.2) is 42.9 Å². The van der Waals surface area contributed by atoms with Crippen molar-refractivity contribution in [1.29, 1.82) is 0 Å². The number of carbonyl (C=O) groups is 2. The molecule has 2 aliphatic rings. The number of fused-ring (bicyclic) bond motifs is 1. The highest BCUT2D eigenvalue weighted by atomic mass is 32.1. The van der Waals surface area contributed by atoms with Crippen molar-refractivity contribution >= 4 is 29.0 Å². The Morgan fingerprint density at radius 3 is 2.63 bits per heavy atom. The Bertz CT molecular complexity index is 1230. The molecule has 0 bridgehead atoms. The van der Waals surface area contributed by atoms with Crippen molar-refractivity contribution in [3.8, 4) is 10.6 Å². The fourth-order valence-corrected chi connectivity index (χ4v) is 5.24. The summed E-state index contributed by atoms with van der Waals surface area (Å²) in [5.41, 5.74) is 1.09. The van der Waals surface area contributed by atoms with E-state index >= 15 is 0 Å². The normalized spacial score (nSPS) is 16.9. The molecule has 0 N–H and O–H groups in total. The molecule has 1 fully saturated rings. The van der Waals surface area contributed by atoms with Gasteiger partial charge in [0.2, 0.25) is 11.8 Å². The van der Waals surface area contributed by atoms with Crippen LogP contribution in [0.2, 0.25) is 0 Å². The highest BCUT2D eigenvalue weighted by Gasteiger charge is 2.33. The third-order valence-corrected chi connectivity index (χ3v) is 7.13. The number of rotatable bonds is 4. The Balaban J connectivity index is 1.17. The molecule has 182 valence electrons. The second-order valence-corrected chi connectivity index (χ2v) is 9.44. The van der Waals surface area contributed by atoms with E-state index in [-0.39, 0.29) is 37.3 Å². The lowest BCUT2D eigenvalue weighted by atomic mass is 10.1. The summed E-state index contributed by atoms with van der Waals surface area (Å²) < 4.78 is 38.3. The van der Waals surface area contributed by atoms with Gasteiger partial charge in [-0.15, -0.1) is 11.3 Å². The van der Waals surface area contributed by atoms with Crippen molar-refractivity contribution in [1.82, 2.24) is 24.8 Å². The Morgan fingerprint density at radius 2 is 1.94 bits per heavy atom. The van der Waals surface area contributed by atoms with Gasteiger partial charge in [0.05, 0.1) is 30.9 Å². The minimum Gasteiger partial charge on any atom is -0.336 e. The first kappa shape index (κ1) is 23.4. The standard InChI is InChI=1S/C23H21F3N6O2S/c24-23(25,26)16-3-4-19(28-11-16)32-9-8-30(14-21(32)34)13-20(33)31-7-5-17-18(12-31)35-22(29-17)15-2-1-6-27-10-15/h1-4,6,10-11H,5,7-9,12-14H2. The average molecular weight is 503 g/mol. The van der Waals surface area contributed by atoms with E-state index in [9.17, 15) is 22.8 Å². The van der Waals surface area contributed by atoms with Crippen molar-refractivity contribution in [2.45, 2.75) is 19.1 Å². The summed E-state index contributed by atoms with van der Waals surface area (Å²) in [6, 6.07) is 5.92. The fourth-order valence-electron chi connectivity index (χ4n) is 4.12. The van der Waals surface area contributed by atoms with Gasteiger partial charge in [-0.25, -0.2) is 9.97 Å². The lowest BCUT2D eigenvalue weighted by Crippen LogP contribution is -2.53. The lowest BCUT2D eigenvalue weighted by Gasteiger charge is -2.35. The summed E-state index contributed by atoms with van der Waals surface area (Å²) >= 11 is 1.56. The third-order valence-electron chi connectivity index (χ3n) is 6.00. The smallest absolute Gasteiger partial charge is 0.336 e. The SMILES string of the molecule is O=C(CN1CCN(c2ccc(C(F)(F)F)cn2)C(=O)C1)N1CCc2nc(-c3cccnc3)sc2C1. The Kier molecular flexibility index (Phi) is 6.24. The second-order valence-electron chi connectivity index (χ2n) is 8.35. The highest BCUT2D eigenvalue weighted by molar-refractivity contribution is 7.15. The van der Waals surface area contributed by atoms with Gasteiger partial charge in [0.15, 0.2) is 0 Å². The second kappa shape index (κ2) is 9.34. The first-order valence-corrected chi connectivity index (χ1v) is 11.8. The van der Waals surface area contributed by atoms with Gasteiger partial charge in [-0.1, -0.05) is 0 Å². The van der Waals surface area contributed by atoms with Crippen molar-refractivity contribution in [3.63, 3.8) is 0 Å². The minimum absolute atomic E-state index is 0.000749. The molecule has 3 aromatic heterocycles. The molecular formula is C23H21F3N6O2S. The van der Waals surface area contributed by atoms with E-state index in [2.05, 4.69) is 9.97 Å². The van der Waals surface area contributed by atoms with E-state index in [1.165, 1.54) is 11.0 Å². The van der Waals surface area contributed by atoms with Crippen LogP contribution >= 0.6 is 11.3 Å². The number of nitrogens with zero attached hydrogens (tertiary/aromatic N) is 6. The molecule has 5 heterocycles. The average Bonchev–Trinajstić information content (AvgIpc) is 3.28. The molecule has 2 aliphatic heterocycles. The van der Waals surface area contributed by atoms with E-state index < -0.39 is 11.7 Å². The number of halogens is 3. The molecule has 12 heteroatoms. The molecule has 0 aromatic carbocycles. The molecule has 35 heavy (non-hydrogen) atoms. The maximum absolute atomic E-state index is 13.0. The van der Waals surface area contributed by atoms with Crippen LogP contribution in [0.1, 0.15) is 16.1 Å². The minimum atomic E-state index is -4.48. The molecule has 1 saturated heterocycles. The molecule has 0 saturated carbocycles. The van der Waals surface area contributed by atoms with Crippen LogP contribution in [0.5, 0.6) is 0 Å². The van der Waals surface area contributed by atoms with E-state index in [4.69, 9.17) is 4.98 Å². The quantitative estimate of drug-likeness (QED) is 0.546. The van der Waals surface area contributed by atoms with Crippen molar-refractivity contribution in [2.24, 2.45) is 0 Å². The number of hydrogen-bond donors (Lipinski definition) is 0. The van der Waals surface area contributed by atoms with Gasteiger partial charge in [-0.05, 0) is 24.3 Å². The maximum atomic E-state index is 13.0. The summed E-state index contributed by atoms with van der Waals surface area (Å²) in [5.74, 6) is -0.200. The largest absolute Gasteiger partial charge is 0.417 e. The van der Waals surface area contributed by atoms with Crippen LogP contribution in [-0.4, -0.2) is 69.3 Å². The van der Waals surface area contributed by atoms with Gasteiger partial charge in [-0.2, -0.15) is 13.2 Å². The van der Waals surface area contributed by atoms with E-state index in [1.807, 2.05) is 12.1 Å². The van der Waals surface area contributed by atoms with Gasteiger partial charge in [0, 0.05) is 55.1 Å². The number of amides is 2. The third kappa shape index (κ3) is 5.03. The number of hydrogen-bond acceptors (Lipinski definition) is 7. The number of piperazine rings is 1. The monoisotopic (exact) mass is 502 g/mol. The van der Waals surface area contributed by atoms with E-state index in [0.29, 0.717) is 26.1 Å². The highest BCUT2D eigenvalue weighted by Crippen LogP contribution is 2.32. The summed E-state index contributed by atoms with van der Waals surface area (Å²) in [6.45, 7) is 1.81. The summed E-state index contributed by atoms with van der Waals surface area (Å²) in [5, 5.41) is 0.885. The maximum Gasteiger partial charge on any atom is 0.417 e. The zero-order valence-corrected chi connectivity index (χ0v) is 19.3. The van der Waals surface area contributed by atoms with Crippen LogP contribution in [0.25, 0.3) is 10.6 Å². The first-order valence-electron chi connectivity index (χ1n) is 11.0. The van der Waals surface area contributed by atoms with Crippen molar-refractivity contribution < 1.29 is 22.8 Å².